The minimum Gasteiger partial charge on any atom is -0.508 e. The molecule has 1 saturated heterocycles. The molecule has 0 radical (unpaired) electrons. The maximum Gasteiger partial charge on any atom is 0.271 e. The highest BCUT2D eigenvalue weighted by Gasteiger charge is 2.44. The van der Waals surface area contributed by atoms with Crippen LogP contribution in [0.15, 0.2) is 126 Å². The SMILES string of the molecule is Cc1ncsc1-c1ccc([C@H](C)NC(=O)[C@@H]2C[C@@H](O)CN2C(=O)[C@@H](NC(=O)COCCOc2ccc(/C=N/NC(=O)c3cccc(Oc4c(-c5ccc(O)cc5)sc5cc(O)ccc45)c3)cc2)C(C)(C)C)cc1. The van der Waals surface area contributed by atoms with Crippen molar-refractivity contribution in [2.24, 2.45) is 10.5 Å². The molecule has 0 spiro atoms. The van der Waals surface area contributed by atoms with Crippen molar-refractivity contribution in [3.05, 3.63) is 143 Å². The van der Waals surface area contributed by atoms with E-state index < -0.39 is 47.2 Å². The van der Waals surface area contributed by atoms with Gasteiger partial charge in [-0.15, -0.1) is 22.7 Å². The van der Waals surface area contributed by atoms with Crippen LogP contribution in [0.2, 0.25) is 0 Å². The van der Waals surface area contributed by atoms with Gasteiger partial charge in [0.05, 0.1) is 45.9 Å². The van der Waals surface area contributed by atoms with Crippen molar-refractivity contribution in [2.75, 3.05) is 26.4 Å². The molecule has 4 amide bonds. The summed E-state index contributed by atoms with van der Waals surface area (Å²) >= 11 is 3.00. The first-order chi connectivity index (χ1) is 35.0. The van der Waals surface area contributed by atoms with Gasteiger partial charge in [0.25, 0.3) is 5.91 Å². The van der Waals surface area contributed by atoms with E-state index >= 15 is 0 Å². The molecule has 1 aliphatic rings. The number of nitrogens with one attached hydrogen (secondary N) is 3. The second-order valence-corrected chi connectivity index (χ2v) is 20.6. The van der Waals surface area contributed by atoms with Gasteiger partial charge in [0.1, 0.15) is 48.3 Å². The smallest absolute Gasteiger partial charge is 0.271 e. The summed E-state index contributed by atoms with van der Waals surface area (Å²) < 4.78 is 18.6. The van der Waals surface area contributed by atoms with Gasteiger partial charge in [-0.25, -0.2) is 10.4 Å². The van der Waals surface area contributed by atoms with Crippen LogP contribution in [0.3, 0.4) is 0 Å². The van der Waals surface area contributed by atoms with Gasteiger partial charge in [0.2, 0.25) is 17.7 Å². The highest BCUT2D eigenvalue weighted by atomic mass is 32.1. The van der Waals surface area contributed by atoms with E-state index in [0.717, 1.165) is 42.2 Å². The van der Waals surface area contributed by atoms with Crippen molar-refractivity contribution >= 4 is 62.6 Å². The lowest BCUT2D eigenvalue weighted by atomic mass is 9.85. The van der Waals surface area contributed by atoms with Crippen molar-refractivity contribution in [2.45, 2.75) is 65.3 Å². The summed E-state index contributed by atoms with van der Waals surface area (Å²) in [5.41, 5.74) is 8.30. The average Bonchev–Trinajstić information content (AvgIpc) is 4.09. The number of aliphatic hydroxyl groups excluding tert-OH is 1. The van der Waals surface area contributed by atoms with E-state index in [2.05, 4.69) is 26.1 Å². The Morgan fingerprint density at radius 2 is 1.58 bits per heavy atom. The summed E-state index contributed by atoms with van der Waals surface area (Å²) in [6.45, 7) is 9.08. The molecule has 8 rings (SSSR count). The zero-order chi connectivity index (χ0) is 51.8. The molecule has 7 aromatic rings. The van der Waals surface area contributed by atoms with Crippen LogP contribution in [0.25, 0.3) is 31.0 Å². The van der Waals surface area contributed by atoms with Gasteiger partial charge >= 0.3 is 0 Å². The van der Waals surface area contributed by atoms with Crippen LogP contribution in [0.1, 0.15) is 67.3 Å². The van der Waals surface area contributed by atoms with Crippen LogP contribution in [0, 0.1) is 12.3 Å². The fourth-order valence-electron chi connectivity index (χ4n) is 8.27. The third kappa shape index (κ3) is 12.9. The van der Waals surface area contributed by atoms with Crippen molar-refractivity contribution < 1.29 is 48.7 Å². The fourth-order valence-corrected chi connectivity index (χ4v) is 10.2. The third-order valence-electron chi connectivity index (χ3n) is 12.1. The number of rotatable bonds is 18. The molecule has 6 N–H and O–H groups in total. The number of carbonyl (C=O) groups excluding carboxylic acids is 4. The summed E-state index contributed by atoms with van der Waals surface area (Å²) in [4.78, 5) is 61.6. The van der Waals surface area contributed by atoms with Crippen molar-refractivity contribution in [3.8, 4) is 49.6 Å². The molecule has 3 heterocycles. The lowest BCUT2D eigenvalue weighted by molar-refractivity contribution is -0.144. The monoisotopic (exact) mass is 1020 g/mol. The minimum absolute atomic E-state index is 0.0451. The number of aryl methyl sites for hydroxylation is 1. The molecule has 5 aromatic carbocycles. The van der Waals surface area contributed by atoms with Crippen LogP contribution in [-0.4, -0.2) is 99.6 Å². The molecule has 0 unspecified atom stereocenters. The van der Waals surface area contributed by atoms with Crippen LogP contribution in [0.4, 0.5) is 0 Å². The first-order valence-corrected chi connectivity index (χ1v) is 25.3. The molecule has 4 atom stereocenters. The van der Waals surface area contributed by atoms with Gasteiger partial charge in [-0.3, -0.25) is 19.2 Å². The Morgan fingerprint density at radius 3 is 2.29 bits per heavy atom. The fraction of sp³-hybridized carbons (Fsp3) is 0.273. The van der Waals surface area contributed by atoms with Crippen LogP contribution in [-0.2, 0) is 19.1 Å². The molecule has 16 nitrogen and oxygen atoms in total. The Labute approximate surface area is 430 Å². The van der Waals surface area contributed by atoms with Gasteiger partial charge in [0.15, 0.2) is 5.75 Å². The molecule has 1 aliphatic heterocycles. The Balaban J connectivity index is 0.777. The molecular formula is C55H56N6O10S2. The number of fused-ring (bicyclic) bond motifs is 1. The molecule has 0 saturated carbocycles. The number of phenolic OH excluding ortho intramolecular Hbond substituents is 2. The van der Waals surface area contributed by atoms with E-state index in [1.54, 1.807) is 108 Å². The van der Waals surface area contributed by atoms with Gasteiger partial charge in [-0.05, 0) is 126 Å². The molecule has 0 aliphatic carbocycles. The number of aliphatic hydroxyl groups is 1. The predicted octanol–water partition coefficient (Wildman–Crippen LogP) is 8.73. The van der Waals surface area contributed by atoms with Crippen molar-refractivity contribution in [1.29, 1.82) is 0 Å². The molecule has 2 aromatic heterocycles. The lowest BCUT2D eigenvalue weighted by Crippen LogP contribution is -2.58. The number of likely N-dealkylation sites (tertiary alicyclic amines) is 1. The number of β-amino-alcohol motifs (C(OH)–C–C–N with tert-alkyl or cyclic N) is 1. The number of phenols is 2. The minimum atomic E-state index is -1.01. The number of hydrogen-bond donors (Lipinski definition) is 6. The number of ether oxygens (including phenoxy) is 3. The third-order valence-corrected chi connectivity index (χ3v) is 14.3. The first kappa shape index (κ1) is 51.7. The molecule has 0 bridgehead atoms. The predicted molar refractivity (Wildman–Crippen MR) is 281 cm³/mol. The Hall–Kier alpha value is -7.64. The summed E-state index contributed by atoms with van der Waals surface area (Å²) in [6.07, 6.45) is 0.656. The van der Waals surface area contributed by atoms with E-state index in [1.165, 1.54) is 22.5 Å². The summed E-state index contributed by atoms with van der Waals surface area (Å²) in [6, 6.07) is 31.0. The molecule has 18 heteroatoms. The highest BCUT2D eigenvalue weighted by molar-refractivity contribution is 7.22. The van der Waals surface area contributed by atoms with E-state index in [4.69, 9.17) is 14.2 Å². The standard InChI is InChI=1S/C55H56N6O10S2/c1-32(35-11-13-36(14-12-35)49-33(2)56-31-72-49)58-53(67)45-26-41(64)29-61(45)54(68)51(55(3,4)5)59-47(65)30-69-23-24-70-42-20-9-34(10-21-42)28-57-60-52(66)38-7-6-8-43(25-38)71-48-44-22-19-40(63)27-46(44)73-50(48)37-15-17-39(62)18-16-37/h6-22,25,27-28,31-32,41,45,51,62-64H,23-24,26,29-30H2,1-5H3,(H,58,67)(H,59,65)(H,60,66)/b57-28+/t32-,41+,45-,51+/m0/s1. The number of aromatic hydroxyl groups is 2. The second kappa shape index (κ2) is 22.8. The van der Waals surface area contributed by atoms with Crippen LogP contribution >= 0.6 is 22.7 Å². The maximum atomic E-state index is 14.1. The molecule has 73 heavy (non-hydrogen) atoms. The Kier molecular flexibility index (Phi) is 16.2. The normalized spacial score (nSPS) is 15.5. The summed E-state index contributed by atoms with van der Waals surface area (Å²) in [7, 11) is 0. The van der Waals surface area contributed by atoms with Gasteiger partial charge in [-0.2, -0.15) is 5.10 Å². The van der Waals surface area contributed by atoms with Gasteiger partial charge in [0, 0.05) is 28.6 Å². The van der Waals surface area contributed by atoms with E-state index in [9.17, 15) is 34.5 Å². The van der Waals surface area contributed by atoms with E-state index in [-0.39, 0.29) is 50.3 Å². The number of amides is 4. The zero-order valence-electron chi connectivity index (χ0n) is 40.8. The molecule has 1 fully saturated rings. The maximum absolute atomic E-state index is 14.1. The topological polar surface area (TPSA) is 221 Å². The van der Waals surface area contributed by atoms with Crippen molar-refractivity contribution in [3.63, 3.8) is 0 Å². The average molecular weight is 1030 g/mol. The Bertz CT molecular complexity index is 3110. The Morgan fingerprint density at radius 1 is 0.863 bits per heavy atom. The molecule has 378 valence electrons. The second-order valence-electron chi connectivity index (χ2n) is 18.7. The largest absolute Gasteiger partial charge is 0.508 e. The number of benzene rings is 5. The van der Waals surface area contributed by atoms with Gasteiger partial charge in [-0.1, -0.05) is 51.1 Å². The number of carbonyl (C=O) groups is 4. The number of hydrazone groups is 1. The summed E-state index contributed by atoms with van der Waals surface area (Å²) in [5.74, 6) is -0.0822. The summed E-state index contributed by atoms with van der Waals surface area (Å²) in [5, 5.41) is 41.3. The first-order valence-electron chi connectivity index (χ1n) is 23.6. The zero-order valence-corrected chi connectivity index (χ0v) is 42.5. The number of thiazole rings is 1. The van der Waals surface area contributed by atoms with Gasteiger partial charge < -0.3 is 45.1 Å². The number of nitrogens with zero attached hydrogens (tertiary/aromatic N) is 3. The van der Waals surface area contributed by atoms with Crippen LogP contribution < -0.4 is 25.5 Å². The quantitative estimate of drug-likeness (QED) is 0.0271. The number of hydrogen-bond acceptors (Lipinski definition) is 14. The van der Waals surface area contributed by atoms with Crippen molar-refractivity contribution in [1.82, 2.24) is 25.9 Å². The number of thiophene rings is 1. The van der Waals surface area contributed by atoms with E-state index in [1.807, 2.05) is 58.9 Å². The molecular weight excluding hydrogens is 969 g/mol. The number of aromatic nitrogens is 1. The highest BCUT2D eigenvalue weighted by Crippen LogP contribution is 2.47. The van der Waals surface area contributed by atoms with Crippen LogP contribution in [0.5, 0.6) is 28.7 Å². The van der Waals surface area contributed by atoms with E-state index in [0.29, 0.717) is 28.4 Å². The lowest BCUT2D eigenvalue weighted by Gasteiger charge is -2.35.